The van der Waals surface area contributed by atoms with Gasteiger partial charge in [0.1, 0.15) is 5.56 Å². The highest BCUT2D eigenvalue weighted by molar-refractivity contribution is 5.99. The van der Waals surface area contributed by atoms with Crippen molar-refractivity contribution in [2.75, 3.05) is 17.7 Å². The molecule has 0 aliphatic rings. The molecule has 0 aliphatic carbocycles. The number of hydrogen-bond donors (Lipinski definition) is 3. The lowest BCUT2D eigenvalue weighted by molar-refractivity contribution is -0.116. The molecular formula is C18H18N2O5. The molecule has 0 atom stereocenters. The van der Waals surface area contributed by atoms with Gasteiger partial charge in [-0.2, -0.15) is 0 Å². The first kappa shape index (κ1) is 18.0. The predicted octanol–water partition coefficient (Wildman–Crippen LogP) is 2.32. The third-order valence-electron chi connectivity index (χ3n) is 3.35. The van der Waals surface area contributed by atoms with Gasteiger partial charge in [-0.1, -0.05) is 18.2 Å². The number of para-hydroxylation sites is 1. The summed E-state index contributed by atoms with van der Waals surface area (Å²) in [7, 11) is 1.21. The Morgan fingerprint density at radius 1 is 1.04 bits per heavy atom. The van der Waals surface area contributed by atoms with Crippen LogP contribution in [0.4, 0.5) is 11.4 Å². The van der Waals surface area contributed by atoms with Crippen LogP contribution >= 0.6 is 0 Å². The predicted molar refractivity (Wildman–Crippen MR) is 92.5 cm³/mol. The summed E-state index contributed by atoms with van der Waals surface area (Å²) < 4.78 is 4.57. The van der Waals surface area contributed by atoms with Gasteiger partial charge in [0.15, 0.2) is 5.75 Å². The van der Waals surface area contributed by atoms with E-state index in [4.69, 9.17) is 0 Å². The molecule has 2 rings (SSSR count). The van der Waals surface area contributed by atoms with Crippen LogP contribution in [0.5, 0.6) is 5.75 Å². The second-order valence-corrected chi connectivity index (χ2v) is 5.30. The molecule has 0 heterocycles. The highest BCUT2D eigenvalue weighted by atomic mass is 16.5. The Balaban J connectivity index is 2.05. The van der Waals surface area contributed by atoms with Crippen molar-refractivity contribution in [1.82, 2.24) is 0 Å². The third-order valence-corrected chi connectivity index (χ3v) is 3.35. The average Bonchev–Trinajstić information content (AvgIpc) is 2.57. The van der Waals surface area contributed by atoms with Gasteiger partial charge >= 0.3 is 5.97 Å². The van der Waals surface area contributed by atoms with Crippen LogP contribution in [0.1, 0.15) is 22.8 Å². The van der Waals surface area contributed by atoms with Crippen LogP contribution in [0.3, 0.4) is 0 Å². The number of benzene rings is 2. The summed E-state index contributed by atoms with van der Waals surface area (Å²) >= 11 is 0. The maximum Gasteiger partial charge on any atom is 0.341 e. The van der Waals surface area contributed by atoms with Crippen LogP contribution in [0, 0.1) is 0 Å². The van der Waals surface area contributed by atoms with Crippen LogP contribution < -0.4 is 10.6 Å². The largest absolute Gasteiger partial charge is 0.505 e. The molecule has 3 N–H and O–H groups in total. The maximum absolute atomic E-state index is 12.1. The summed E-state index contributed by atoms with van der Waals surface area (Å²) in [5, 5.41) is 15.3. The molecule has 7 heteroatoms. The molecule has 0 radical (unpaired) electrons. The normalized spacial score (nSPS) is 10.0. The Kier molecular flexibility index (Phi) is 5.73. The molecule has 2 aromatic rings. The van der Waals surface area contributed by atoms with Crippen LogP contribution in [0.25, 0.3) is 0 Å². The topological polar surface area (TPSA) is 105 Å². The number of carbonyl (C=O) groups excluding carboxylic acids is 3. The number of phenolic OH excluding ortho intramolecular Hbond substituents is 1. The zero-order chi connectivity index (χ0) is 18.4. The van der Waals surface area contributed by atoms with Crippen LogP contribution in [-0.2, 0) is 20.7 Å². The van der Waals surface area contributed by atoms with E-state index in [9.17, 15) is 19.5 Å². The van der Waals surface area contributed by atoms with E-state index in [1.54, 1.807) is 24.3 Å². The fourth-order valence-corrected chi connectivity index (χ4v) is 2.21. The van der Waals surface area contributed by atoms with E-state index >= 15 is 0 Å². The number of carbonyl (C=O) groups is 3. The first-order valence-electron chi connectivity index (χ1n) is 7.47. The lowest BCUT2D eigenvalue weighted by atomic mass is 10.1. The molecule has 0 fully saturated rings. The summed E-state index contributed by atoms with van der Waals surface area (Å²) in [6.45, 7) is 1.41. The van der Waals surface area contributed by atoms with Gasteiger partial charge < -0.3 is 20.5 Å². The molecule has 25 heavy (non-hydrogen) atoms. The minimum atomic E-state index is -0.692. The summed E-state index contributed by atoms with van der Waals surface area (Å²) in [5.74, 6) is -1.57. The van der Waals surface area contributed by atoms with E-state index in [1.165, 1.54) is 32.2 Å². The fourth-order valence-electron chi connectivity index (χ4n) is 2.21. The summed E-state index contributed by atoms with van der Waals surface area (Å²) in [6.07, 6.45) is 0.0717. The molecule has 0 aliphatic heterocycles. The Labute approximate surface area is 144 Å². The SMILES string of the molecule is COC(=O)c1cccc(NC(=O)Cc2ccc(NC(C)=O)cc2)c1O. The average molecular weight is 342 g/mol. The first-order valence-corrected chi connectivity index (χ1v) is 7.47. The van der Waals surface area contributed by atoms with Crippen molar-refractivity contribution in [3.05, 3.63) is 53.6 Å². The van der Waals surface area contributed by atoms with Crippen molar-refractivity contribution in [3.63, 3.8) is 0 Å². The minimum Gasteiger partial charge on any atom is -0.505 e. The number of hydrogen-bond acceptors (Lipinski definition) is 5. The zero-order valence-corrected chi connectivity index (χ0v) is 13.8. The molecule has 0 aromatic heterocycles. The summed E-state index contributed by atoms with van der Waals surface area (Å²) in [5.41, 5.74) is 1.47. The molecular weight excluding hydrogens is 324 g/mol. The van der Waals surface area contributed by atoms with Crippen molar-refractivity contribution in [3.8, 4) is 5.75 Å². The number of rotatable bonds is 5. The van der Waals surface area contributed by atoms with Crippen molar-refractivity contribution in [2.24, 2.45) is 0 Å². The van der Waals surface area contributed by atoms with E-state index in [-0.39, 0.29) is 35.2 Å². The number of aromatic hydroxyl groups is 1. The summed E-state index contributed by atoms with van der Waals surface area (Å²) in [4.78, 5) is 34.7. The van der Waals surface area contributed by atoms with Crippen molar-refractivity contribution in [1.29, 1.82) is 0 Å². The molecule has 130 valence electrons. The minimum absolute atomic E-state index is 0.0278. The van der Waals surface area contributed by atoms with Gasteiger partial charge in [0.05, 0.1) is 19.2 Å². The number of phenols is 1. The van der Waals surface area contributed by atoms with Gasteiger partial charge in [-0.3, -0.25) is 9.59 Å². The quantitative estimate of drug-likeness (QED) is 0.571. The second-order valence-electron chi connectivity index (χ2n) is 5.30. The van der Waals surface area contributed by atoms with Gasteiger partial charge in [-0.25, -0.2) is 4.79 Å². The van der Waals surface area contributed by atoms with Gasteiger partial charge in [0, 0.05) is 12.6 Å². The van der Waals surface area contributed by atoms with Crippen LogP contribution in [0.2, 0.25) is 0 Å². The summed E-state index contributed by atoms with van der Waals surface area (Å²) in [6, 6.07) is 11.2. The molecule has 0 unspecified atom stereocenters. The van der Waals surface area contributed by atoms with Gasteiger partial charge in [-0.15, -0.1) is 0 Å². The maximum atomic E-state index is 12.1. The number of esters is 1. The molecule has 2 aromatic carbocycles. The van der Waals surface area contributed by atoms with E-state index in [0.29, 0.717) is 5.69 Å². The lowest BCUT2D eigenvalue weighted by Gasteiger charge is -2.10. The Hall–Kier alpha value is -3.35. The van der Waals surface area contributed by atoms with Crippen molar-refractivity contribution < 1.29 is 24.2 Å². The number of anilines is 2. The Bertz CT molecular complexity index is 800. The van der Waals surface area contributed by atoms with Crippen molar-refractivity contribution >= 4 is 29.2 Å². The Morgan fingerprint density at radius 3 is 2.32 bits per heavy atom. The second kappa shape index (κ2) is 7.96. The fraction of sp³-hybridized carbons (Fsp3) is 0.167. The lowest BCUT2D eigenvalue weighted by Crippen LogP contribution is -2.15. The Morgan fingerprint density at radius 2 is 1.72 bits per heavy atom. The standard InChI is InChI=1S/C18H18N2O5/c1-11(21)19-13-8-6-12(7-9-13)10-16(22)20-15-5-3-4-14(17(15)23)18(24)25-2/h3-9,23H,10H2,1-2H3,(H,19,21)(H,20,22). The molecule has 0 saturated heterocycles. The number of nitrogens with one attached hydrogen (secondary N) is 2. The monoisotopic (exact) mass is 342 g/mol. The zero-order valence-electron chi connectivity index (χ0n) is 13.8. The van der Waals surface area contributed by atoms with E-state index in [1.807, 2.05) is 0 Å². The first-order chi connectivity index (χ1) is 11.9. The van der Waals surface area contributed by atoms with Crippen LogP contribution in [0.15, 0.2) is 42.5 Å². The number of ether oxygens (including phenoxy) is 1. The third kappa shape index (κ3) is 4.81. The highest BCUT2D eigenvalue weighted by Gasteiger charge is 2.16. The highest BCUT2D eigenvalue weighted by Crippen LogP contribution is 2.28. The van der Waals surface area contributed by atoms with Crippen LogP contribution in [-0.4, -0.2) is 30.0 Å². The van der Waals surface area contributed by atoms with E-state index < -0.39 is 5.97 Å². The molecule has 2 amide bonds. The van der Waals surface area contributed by atoms with Gasteiger partial charge in [-0.05, 0) is 29.8 Å². The van der Waals surface area contributed by atoms with Crippen molar-refractivity contribution in [2.45, 2.75) is 13.3 Å². The number of methoxy groups -OCH3 is 1. The molecule has 0 spiro atoms. The van der Waals surface area contributed by atoms with E-state index in [2.05, 4.69) is 15.4 Å². The smallest absolute Gasteiger partial charge is 0.341 e. The van der Waals surface area contributed by atoms with Gasteiger partial charge in [0.2, 0.25) is 11.8 Å². The molecule has 7 nitrogen and oxygen atoms in total. The molecule has 0 bridgehead atoms. The number of amides is 2. The van der Waals surface area contributed by atoms with E-state index in [0.717, 1.165) is 5.56 Å². The van der Waals surface area contributed by atoms with Gasteiger partial charge in [0.25, 0.3) is 0 Å². The molecule has 0 saturated carbocycles.